The summed E-state index contributed by atoms with van der Waals surface area (Å²) in [6.45, 7) is 4.18. The van der Waals surface area contributed by atoms with E-state index in [-0.39, 0.29) is 11.9 Å². The number of aromatic nitrogens is 1. The Morgan fingerprint density at radius 2 is 1.91 bits per heavy atom. The van der Waals surface area contributed by atoms with E-state index in [1.54, 1.807) is 6.20 Å². The predicted octanol–water partition coefficient (Wildman–Crippen LogP) is 3.46. The first-order chi connectivity index (χ1) is 10.6. The van der Waals surface area contributed by atoms with E-state index in [0.29, 0.717) is 11.6 Å². The molecular weight excluding hydrogens is 274 g/mol. The molecule has 0 bridgehead atoms. The van der Waals surface area contributed by atoms with Crippen LogP contribution in [0.1, 0.15) is 47.3 Å². The molecule has 1 aliphatic carbocycles. The van der Waals surface area contributed by atoms with Gasteiger partial charge in [-0.15, -0.1) is 0 Å². The highest BCUT2D eigenvalue weighted by molar-refractivity contribution is 5.94. The van der Waals surface area contributed by atoms with Crippen LogP contribution in [0.4, 0.5) is 5.82 Å². The maximum atomic E-state index is 11.9. The first kappa shape index (κ1) is 14.6. The number of benzene rings is 1. The van der Waals surface area contributed by atoms with Crippen LogP contribution in [0.15, 0.2) is 42.6 Å². The molecule has 22 heavy (non-hydrogen) atoms. The predicted molar refractivity (Wildman–Crippen MR) is 87.9 cm³/mol. The van der Waals surface area contributed by atoms with Gasteiger partial charge in [-0.1, -0.05) is 29.8 Å². The highest BCUT2D eigenvalue weighted by Gasteiger charge is 2.23. The summed E-state index contributed by atoms with van der Waals surface area (Å²) < 4.78 is 0. The number of carbonyl (C=O) groups is 1. The number of pyridine rings is 1. The number of nitrogens with one attached hydrogen (secondary N) is 2. The summed E-state index contributed by atoms with van der Waals surface area (Å²) in [5, 5.41) is 6.32. The van der Waals surface area contributed by atoms with E-state index in [9.17, 15) is 4.79 Å². The SMILES string of the molecule is Cc1ccc(C(C)Nc2ccc(C(=O)NC3CC3)cn2)cc1. The molecule has 1 amide bonds. The smallest absolute Gasteiger partial charge is 0.253 e. The van der Waals surface area contributed by atoms with Gasteiger partial charge in [0, 0.05) is 18.3 Å². The average molecular weight is 295 g/mol. The number of nitrogens with zero attached hydrogens (tertiary/aromatic N) is 1. The van der Waals surface area contributed by atoms with Gasteiger partial charge in [0.05, 0.1) is 5.56 Å². The fourth-order valence-corrected chi connectivity index (χ4v) is 2.27. The minimum atomic E-state index is -0.0341. The Morgan fingerprint density at radius 3 is 2.50 bits per heavy atom. The van der Waals surface area contributed by atoms with E-state index in [2.05, 4.69) is 53.7 Å². The van der Waals surface area contributed by atoms with Crippen molar-refractivity contribution in [3.8, 4) is 0 Å². The van der Waals surface area contributed by atoms with E-state index >= 15 is 0 Å². The molecule has 1 aromatic carbocycles. The van der Waals surface area contributed by atoms with Gasteiger partial charge in [0.25, 0.3) is 5.91 Å². The summed E-state index contributed by atoms with van der Waals surface area (Å²) in [4.78, 5) is 16.2. The second-order valence-electron chi connectivity index (χ2n) is 5.96. The monoisotopic (exact) mass is 295 g/mol. The van der Waals surface area contributed by atoms with Crippen molar-refractivity contribution in [3.63, 3.8) is 0 Å². The van der Waals surface area contributed by atoms with Gasteiger partial charge in [0.1, 0.15) is 5.82 Å². The summed E-state index contributed by atoms with van der Waals surface area (Å²) in [6.07, 6.45) is 3.81. The average Bonchev–Trinajstić information content (AvgIpc) is 3.32. The Labute approximate surface area is 131 Å². The van der Waals surface area contributed by atoms with Crippen LogP contribution in [-0.4, -0.2) is 16.9 Å². The molecule has 1 atom stereocenters. The Kier molecular flexibility index (Phi) is 4.09. The number of amides is 1. The van der Waals surface area contributed by atoms with Crippen molar-refractivity contribution in [2.45, 2.75) is 38.8 Å². The van der Waals surface area contributed by atoms with Crippen molar-refractivity contribution >= 4 is 11.7 Å². The second kappa shape index (κ2) is 6.18. The van der Waals surface area contributed by atoms with Crippen LogP contribution in [-0.2, 0) is 0 Å². The van der Waals surface area contributed by atoms with Crippen LogP contribution < -0.4 is 10.6 Å². The molecule has 1 saturated carbocycles. The van der Waals surface area contributed by atoms with Crippen LogP contribution in [0.2, 0.25) is 0 Å². The molecule has 2 N–H and O–H groups in total. The molecule has 1 unspecified atom stereocenters. The number of hydrogen-bond donors (Lipinski definition) is 2. The first-order valence-electron chi connectivity index (χ1n) is 7.72. The molecule has 0 radical (unpaired) electrons. The van der Waals surface area contributed by atoms with Crippen molar-refractivity contribution in [1.82, 2.24) is 10.3 Å². The molecular formula is C18H21N3O. The van der Waals surface area contributed by atoms with Crippen molar-refractivity contribution in [2.75, 3.05) is 5.32 Å². The first-order valence-corrected chi connectivity index (χ1v) is 7.72. The van der Waals surface area contributed by atoms with E-state index < -0.39 is 0 Å². The van der Waals surface area contributed by atoms with Gasteiger partial charge in [0.2, 0.25) is 0 Å². The minimum Gasteiger partial charge on any atom is -0.364 e. The zero-order valence-corrected chi connectivity index (χ0v) is 13.0. The second-order valence-corrected chi connectivity index (χ2v) is 5.96. The van der Waals surface area contributed by atoms with E-state index in [1.807, 2.05) is 12.1 Å². The third-order valence-corrected chi connectivity index (χ3v) is 3.88. The van der Waals surface area contributed by atoms with Crippen LogP contribution >= 0.6 is 0 Å². The highest BCUT2D eigenvalue weighted by Crippen LogP contribution is 2.20. The maximum Gasteiger partial charge on any atom is 0.253 e. The zero-order chi connectivity index (χ0) is 15.5. The molecule has 1 heterocycles. The van der Waals surface area contributed by atoms with E-state index in [1.165, 1.54) is 11.1 Å². The zero-order valence-electron chi connectivity index (χ0n) is 13.0. The number of aryl methyl sites for hydroxylation is 1. The van der Waals surface area contributed by atoms with Crippen LogP contribution in [0.5, 0.6) is 0 Å². The van der Waals surface area contributed by atoms with Crippen LogP contribution in [0.25, 0.3) is 0 Å². The largest absolute Gasteiger partial charge is 0.364 e. The van der Waals surface area contributed by atoms with Crippen molar-refractivity contribution in [2.24, 2.45) is 0 Å². The lowest BCUT2D eigenvalue weighted by Crippen LogP contribution is -2.25. The summed E-state index contributed by atoms with van der Waals surface area (Å²) in [5.41, 5.74) is 3.07. The number of rotatable bonds is 5. The summed E-state index contributed by atoms with van der Waals surface area (Å²) >= 11 is 0. The lowest BCUT2D eigenvalue weighted by Gasteiger charge is -2.15. The lowest BCUT2D eigenvalue weighted by atomic mass is 10.1. The van der Waals surface area contributed by atoms with Crippen molar-refractivity contribution < 1.29 is 4.79 Å². The van der Waals surface area contributed by atoms with Crippen molar-refractivity contribution in [3.05, 3.63) is 59.3 Å². The van der Waals surface area contributed by atoms with Gasteiger partial charge in [-0.25, -0.2) is 4.98 Å². The Balaban J connectivity index is 1.62. The number of hydrogen-bond acceptors (Lipinski definition) is 3. The van der Waals surface area contributed by atoms with Gasteiger partial charge in [0.15, 0.2) is 0 Å². The molecule has 1 aromatic heterocycles. The Bertz CT molecular complexity index is 645. The molecule has 3 rings (SSSR count). The van der Waals surface area contributed by atoms with Crippen LogP contribution in [0.3, 0.4) is 0 Å². The van der Waals surface area contributed by atoms with Gasteiger partial charge < -0.3 is 10.6 Å². The van der Waals surface area contributed by atoms with Gasteiger partial charge >= 0.3 is 0 Å². The summed E-state index contributed by atoms with van der Waals surface area (Å²) in [7, 11) is 0. The standard InChI is InChI=1S/C18H21N3O/c1-12-3-5-14(6-4-12)13(2)20-17-10-7-15(11-19-17)18(22)21-16-8-9-16/h3-7,10-11,13,16H,8-9H2,1-2H3,(H,19,20)(H,21,22). The number of carbonyl (C=O) groups excluding carboxylic acids is 1. The molecule has 0 aliphatic heterocycles. The van der Waals surface area contributed by atoms with Gasteiger partial charge in [-0.3, -0.25) is 4.79 Å². The molecule has 1 aliphatic rings. The number of anilines is 1. The fourth-order valence-electron chi connectivity index (χ4n) is 2.27. The lowest BCUT2D eigenvalue weighted by molar-refractivity contribution is 0.0951. The maximum absolute atomic E-state index is 11.9. The van der Waals surface area contributed by atoms with E-state index in [0.717, 1.165) is 18.7 Å². The molecule has 2 aromatic rings. The molecule has 1 fully saturated rings. The quantitative estimate of drug-likeness (QED) is 0.888. The third-order valence-electron chi connectivity index (χ3n) is 3.88. The van der Waals surface area contributed by atoms with Gasteiger partial charge in [-0.2, -0.15) is 0 Å². The fraction of sp³-hybridized carbons (Fsp3) is 0.333. The minimum absolute atomic E-state index is 0.0341. The highest BCUT2D eigenvalue weighted by atomic mass is 16.1. The topological polar surface area (TPSA) is 54.0 Å². The molecule has 4 heteroatoms. The Morgan fingerprint density at radius 1 is 1.18 bits per heavy atom. The third kappa shape index (κ3) is 3.64. The summed E-state index contributed by atoms with van der Waals surface area (Å²) in [5.74, 6) is 0.740. The normalized spacial score (nSPS) is 15.2. The molecule has 4 nitrogen and oxygen atoms in total. The van der Waals surface area contributed by atoms with Gasteiger partial charge in [-0.05, 0) is 44.4 Å². The van der Waals surface area contributed by atoms with Crippen LogP contribution in [0, 0.1) is 6.92 Å². The Hall–Kier alpha value is -2.36. The molecule has 0 spiro atoms. The molecule has 0 saturated heterocycles. The van der Waals surface area contributed by atoms with Crippen molar-refractivity contribution in [1.29, 1.82) is 0 Å². The van der Waals surface area contributed by atoms with E-state index in [4.69, 9.17) is 0 Å². The molecule has 114 valence electrons. The summed E-state index contributed by atoms with van der Waals surface area (Å²) in [6, 6.07) is 12.6.